The van der Waals surface area contributed by atoms with Crippen molar-refractivity contribution in [1.82, 2.24) is 4.98 Å². The molecule has 1 rings (SSSR count). The Morgan fingerprint density at radius 3 is 2.81 bits per heavy atom. The van der Waals surface area contributed by atoms with Crippen molar-refractivity contribution in [3.63, 3.8) is 0 Å². The van der Waals surface area contributed by atoms with Gasteiger partial charge in [-0.25, -0.2) is 0 Å². The SMILES string of the molecule is C=CCCCN(C)c1ccc([C@H](C)O)nc1. The molecular weight excluding hydrogens is 200 g/mol. The summed E-state index contributed by atoms with van der Waals surface area (Å²) in [7, 11) is 2.04. The lowest BCUT2D eigenvalue weighted by Crippen LogP contribution is -2.18. The molecule has 0 amide bonds. The molecule has 3 nitrogen and oxygen atoms in total. The van der Waals surface area contributed by atoms with E-state index in [4.69, 9.17) is 0 Å². The quantitative estimate of drug-likeness (QED) is 0.591. The second kappa shape index (κ2) is 6.28. The number of aliphatic hydroxyl groups is 1. The fourth-order valence-electron chi connectivity index (χ4n) is 1.47. The molecule has 0 saturated carbocycles. The molecule has 0 fully saturated rings. The Morgan fingerprint density at radius 2 is 2.31 bits per heavy atom. The zero-order valence-corrected chi connectivity index (χ0v) is 10.1. The van der Waals surface area contributed by atoms with E-state index in [1.807, 2.05) is 25.3 Å². The van der Waals surface area contributed by atoms with Crippen LogP contribution < -0.4 is 4.90 Å². The minimum atomic E-state index is -0.500. The molecule has 16 heavy (non-hydrogen) atoms. The largest absolute Gasteiger partial charge is 0.387 e. The molecule has 0 bridgehead atoms. The van der Waals surface area contributed by atoms with Crippen molar-refractivity contribution in [3.05, 3.63) is 36.7 Å². The Balaban J connectivity index is 2.55. The summed E-state index contributed by atoms with van der Waals surface area (Å²) < 4.78 is 0. The number of aromatic nitrogens is 1. The van der Waals surface area contributed by atoms with E-state index in [0.29, 0.717) is 5.69 Å². The van der Waals surface area contributed by atoms with Crippen LogP contribution in [0.4, 0.5) is 5.69 Å². The Labute approximate surface area is 97.4 Å². The van der Waals surface area contributed by atoms with E-state index in [0.717, 1.165) is 25.1 Å². The van der Waals surface area contributed by atoms with Gasteiger partial charge >= 0.3 is 0 Å². The fourth-order valence-corrected chi connectivity index (χ4v) is 1.47. The highest BCUT2D eigenvalue weighted by molar-refractivity contribution is 5.43. The Hall–Kier alpha value is -1.35. The van der Waals surface area contributed by atoms with Crippen LogP contribution in [-0.4, -0.2) is 23.7 Å². The van der Waals surface area contributed by atoms with Crippen molar-refractivity contribution in [2.75, 3.05) is 18.5 Å². The summed E-state index contributed by atoms with van der Waals surface area (Å²) in [5.74, 6) is 0. The summed E-state index contributed by atoms with van der Waals surface area (Å²) in [5, 5.41) is 9.34. The molecule has 1 heterocycles. The molecule has 1 aromatic heterocycles. The summed E-state index contributed by atoms with van der Waals surface area (Å²) in [6, 6.07) is 3.85. The molecule has 0 spiro atoms. The van der Waals surface area contributed by atoms with Crippen LogP contribution in [0.3, 0.4) is 0 Å². The molecular formula is C13H20N2O. The predicted molar refractivity (Wildman–Crippen MR) is 67.6 cm³/mol. The van der Waals surface area contributed by atoms with Gasteiger partial charge in [-0.1, -0.05) is 6.08 Å². The molecule has 0 aliphatic rings. The molecule has 0 radical (unpaired) electrons. The lowest BCUT2D eigenvalue weighted by Gasteiger charge is -2.18. The molecule has 0 unspecified atom stereocenters. The highest BCUT2D eigenvalue weighted by Crippen LogP contribution is 2.15. The maximum Gasteiger partial charge on any atom is 0.0931 e. The maximum atomic E-state index is 9.34. The fraction of sp³-hybridized carbons (Fsp3) is 0.462. The van der Waals surface area contributed by atoms with Gasteiger partial charge in [-0.3, -0.25) is 4.98 Å². The van der Waals surface area contributed by atoms with Crippen LogP contribution in [0.15, 0.2) is 31.0 Å². The van der Waals surface area contributed by atoms with Crippen LogP contribution in [0.5, 0.6) is 0 Å². The van der Waals surface area contributed by atoms with Crippen molar-refractivity contribution < 1.29 is 5.11 Å². The lowest BCUT2D eigenvalue weighted by molar-refractivity contribution is 0.194. The Kier molecular flexibility index (Phi) is 4.99. The van der Waals surface area contributed by atoms with E-state index in [9.17, 15) is 5.11 Å². The van der Waals surface area contributed by atoms with Gasteiger partial charge in [0.1, 0.15) is 0 Å². The zero-order chi connectivity index (χ0) is 12.0. The topological polar surface area (TPSA) is 36.4 Å². The molecule has 1 N–H and O–H groups in total. The monoisotopic (exact) mass is 220 g/mol. The van der Waals surface area contributed by atoms with Gasteiger partial charge < -0.3 is 10.0 Å². The van der Waals surface area contributed by atoms with E-state index in [1.165, 1.54) is 0 Å². The van der Waals surface area contributed by atoms with Crippen LogP contribution >= 0.6 is 0 Å². The number of hydrogen-bond acceptors (Lipinski definition) is 3. The van der Waals surface area contributed by atoms with Gasteiger partial charge in [0.2, 0.25) is 0 Å². The molecule has 88 valence electrons. The van der Waals surface area contributed by atoms with Crippen molar-refractivity contribution >= 4 is 5.69 Å². The molecule has 0 aliphatic heterocycles. The van der Waals surface area contributed by atoms with E-state index >= 15 is 0 Å². The summed E-state index contributed by atoms with van der Waals surface area (Å²) in [5.41, 5.74) is 1.79. The number of hydrogen-bond donors (Lipinski definition) is 1. The average molecular weight is 220 g/mol. The number of nitrogens with zero attached hydrogens (tertiary/aromatic N) is 2. The van der Waals surface area contributed by atoms with Crippen LogP contribution in [0.25, 0.3) is 0 Å². The van der Waals surface area contributed by atoms with Crippen molar-refractivity contribution in [3.8, 4) is 0 Å². The Morgan fingerprint density at radius 1 is 1.56 bits per heavy atom. The average Bonchev–Trinajstić information content (AvgIpc) is 2.29. The minimum Gasteiger partial charge on any atom is -0.387 e. The van der Waals surface area contributed by atoms with Gasteiger partial charge in [0, 0.05) is 13.6 Å². The second-order valence-electron chi connectivity index (χ2n) is 3.97. The molecule has 3 heteroatoms. The van der Waals surface area contributed by atoms with Crippen LogP contribution in [0.1, 0.15) is 31.6 Å². The van der Waals surface area contributed by atoms with Gasteiger partial charge in [0.15, 0.2) is 0 Å². The maximum absolute atomic E-state index is 9.34. The number of aliphatic hydroxyl groups excluding tert-OH is 1. The molecule has 1 atom stereocenters. The Bertz CT molecular complexity index is 319. The summed E-state index contributed by atoms with van der Waals surface area (Å²) in [4.78, 5) is 6.37. The third-order valence-corrected chi connectivity index (χ3v) is 2.54. The van der Waals surface area contributed by atoms with Gasteiger partial charge in [-0.05, 0) is 31.9 Å². The van der Waals surface area contributed by atoms with Crippen molar-refractivity contribution in [2.45, 2.75) is 25.9 Å². The highest BCUT2D eigenvalue weighted by Gasteiger charge is 2.04. The van der Waals surface area contributed by atoms with E-state index in [1.54, 1.807) is 13.1 Å². The number of allylic oxidation sites excluding steroid dienone is 1. The number of unbranched alkanes of at least 4 members (excludes halogenated alkanes) is 1. The standard InChI is InChI=1S/C13H20N2O/c1-4-5-6-9-15(3)12-7-8-13(11(2)16)14-10-12/h4,7-8,10-11,16H,1,5-6,9H2,2-3H3/t11-/m0/s1. The first kappa shape index (κ1) is 12.7. The van der Waals surface area contributed by atoms with Gasteiger partial charge in [-0.2, -0.15) is 0 Å². The first-order chi connectivity index (χ1) is 7.65. The second-order valence-corrected chi connectivity index (χ2v) is 3.97. The van der Waals surface area contributed by atoms with Crippen molar-refractivity contribution in [2.24, 2.45) is 0 Å². The smallest absolute Gasteiger partial charge is 0.0931 e. The first-order valence-corrected chi connectivity index (χ1v) is 5.61. The molecule has 0 aliphatic carbocycles. The van der Waals surface area contributed by atoms with Crippen LogP contribution in [0.2, 0.25) is 0 Å². The summed E-state index contributed by atoms with van der Waals surface area (Å²) in [6.07, 6.45) is 5.36. The van der Waals surface area contributed by atoms with Crippen molar-refractivity contribution in [1.29, 1.82) is 0 Å². The number of pyridine rings is 1. The van der Waals surface area contributed by atoms with E-state index < -0.39 is 6.10 Å². The summed E-state index contributed by atoms with van der Waals surface area (Å²) in [6.45, 7) is 6.41. The van der Waals surface area contributed by atoms with E-state index in [2.05, 4.69) is 16.5 Å². The normalized spacial score (nSPS) is 12.2. The number of anilines is 1. The van der Waals surface area contributed by atoms with Crippen LogP contribution in [-0.2, 0) is 0 Å². The molecule has 0 saturated heterocycles. The number of rotatable bonds is 6. The third-order valence-electron chi connectivity index (χ3n) is 2.54. The first-order valence-electron chi connectivity index (χ1n) is 5.61. The molecule has 1 aromatic rings. The predicted octanol–water partition coefficient (Wildman–Crippen LogP) is 2.54. The lowest BCUT2D eigenvalue weighted by atomic mass is 10.2. The van der Waals surface area contributed by atoms with Crippen LogP contribution in [0, 0.1) is 0 Å². The minimum absolute atomic E-state index is 0.500. The third kappa shape index (κ3) is 3.66. The van der Waals surface area contributed by atoms with E-state index in [-0.39, 0.29) is 0 Å². The summed E-state index contributed by atoms with van der Waals surface area (Å²) >= 11 is 0. The van der Waals surface area contributed by atoms with Gasteiger partial charge in [0.05, 0.1) is 23.7 Å². The highest BCUT2D eigenvalue weighted by atomic mass is 16.3. The van der Waals surface area contributed by atoms with Gasteiger partial charge in [-0.15, -0.1) is 6.58 Å². The zero-order valence-electron chi connectivity index (χ0n) is 10.1. The van der Waals surface area contributed by atoms with Gasteiger partial charge in [0.25, 0.3) is 0 Å². The molecule has 0 aromatic carbocycles.